The van der Waals surface area contributed by atoms with Crippen LogP contribution in [0.2, 0.25) is 0 Å². The zero-order chi connectivity index (χ0) is 30.7. The number of alkyl halides is 1. The lowest BCUT2D eigenvalue weighted by Crippen LogP contribution is -2.66. The van der Waals surface area contributed by atoms with Crippen LogP contribution in [0.25, 0.3) is 22.8 Å². The van der Waals surface area contributed by atoms with Crippen molar-refractivity contribution in [2.24, 2.45) is 6.98 Å². The van der Waals surface area contributed by atoms with Crippen molar-refractivity contribution in [1.82, 2.24) is 40.7 Å². The van der Waals surface area contributed by atoms with Crippen molar-refractivity contribution >= 4 is 5.82 Å². The molecule has 4 heterocycles. The molecular weight excluding hydrogens is 437 g/mol. The summed E-state index contributed by atoms with van der Waals surface area (Å²) in [4.78, 5) is 5.79. The van der Waals surface area contributed by atoms with Crippen LogP contribution >= 0.6 is 0 Å². The van der Waals surface area contributed by atoms with Gasteiger partial charge < -0.3 is 15.3 Å². The third-order valence-corrected chi connectivity index (χ3v) is 6.91. The van der Waals surface area contributed by atoms with Crippen LogP contribution in [0.5, 0.6) is 5.75 Å². The van der Waals surface area contributed by atoms with E-state index in [9.17, 15) is 5.11 Å². The van der Waals surface area contributed by atoms with Crippen molar-refractivity contribution in [3.63, 3.8) is 0 Å². The highest BCUT2D eigenvalue weighted by atomic mass is 19.1. The number of hydrogen-bond acceptors (Lipinski definition) is 9. The highest BCUT2D eigenvalue weighted by Crippen LogP contribution is 2.47. The fraction of sp³-hybridized carbons (Fsp3) is 0.565. The smallest absolute Gasteiger partial charge is 0.205 e. The van der Waals surface area contributed by atoms with Crippen LogP contribution in [-0.4, -0.2) is 69.8 Å². The Morgan fingerprint density at radius 2 is 2.12 bits per heavy atom. The van der Waals surface area contributed by atoms with Crippen molar-refractivity contribution < 1.29 is 20.5 Å². The van der Waals surface area contributed by atoms with Crippen molar-refractivity contribution in [2.45, 2.75) is 75.2 Å². The first-order valence-electron chi connectivity index (χ1n) is 14.9. The van der Waals surface area contributed by atoms with Gasteiger partial charge in [-0.2, -0.15) is 4.80 Å². The average molecular weight is 474 g/mol. The van der Waals surface area contributed by atoms with E-state index < -0.39 is 49.0 Å². The Morgan fingerprint density at radius 1 is 1.26 bits per heavy atom. The highest BCUT2D eigenvalue weighted by molar-refractivity contribution is 5.70. The fourth-order valence-corrected chi connectivity index (χ4v) is 5.21. The number of aromatic nitrogens is 7. The van der Waals surface area contributed by atoms with Gasteiger partial charge in [0.25, 0.3) is 0 Å². The number of tetrazole rings is 1. The number of aromatic hydroxyl groups is 1. The van der Waals surface area contributed by atoms with Gasteiger partial charge in [-0.25, -0.2) is 9.37 Å². The molecule has 4 atom stereocenters. The number of benzene rings is 1. The summed E-state index contributed by atoms with van der Waals surface area (Å²) in [6.07, 6.45) is -4.29. The van der Waals surface area contributed by atoms with Gasteiger partial charge in [-0.3, -0.25) is 0 Å². The lowest BCUT2D eigenvalue weighted by molar-refractivity contribution is 0.0831. The summed E-state index contributed by atoms with van der Waals surface area (Å²) >= 11 is 0. The lowest BCUT2D eigenvalue weighted by atomic mass is 9.82. The van der Waals surface area contributed by atoms with Gasteiger partial charge in [0.1, 0.15) is 11.9 Å². The van der Waals surface area contributed by atoms with Gasteiger partial charge in [-0.15, -0.1) is 20.4 Å². The molecule has 0 amide bonds. The largest absolute Gasteiger partial charge is 0.507 e. The highest BCUT2D eigenvalue weighted by Gasteiger charge is 2.58. The summed E-state index contributed by atoms with van der Waals surface area (Å²) in [5.41, 5.74) is -1.04. The number of phenolic OH excluding ortho intramolecular Hbond substituents is 1. The molecule has 3 fully saturated rings. The second-order valence-electron chi connectivity index (χ2n) is 9.52. The molecule has 11 heteroatoms. The molecule has 2 aliphatic heterocycles. The summed E-state index contributed by atoms with van der Waals surface area (Å²) in [5.74, 6) is -0.563. The Hall–Kier alpha value is -3.21. The van der Waals surface area contributed by atoms with Gasteiger partial charge in [-0.1, -0.05) is 6.07 Å². The molecule has 0 radical (unpaired) electrons. The van der Waals surface area contributed by atoms with Crippen LogP contribution < -0.4 is 10.2 Å². The first-order chi connectivity index (χ1) is 19.3. The Balaban J connectivity index is 1.35. The number of halogens is 1. The molecule has 2 bridgehead atoms. The molecule has 6 rings (SSSR count). The summed E-state index contributed by atoms with van der Waals surface area (Å²) in [7, 11) is 0. The summed E-state index contributed by atoms with van der Waals surface area (Å²) in [6, 6.07) is 0.624. The van der Waals surface area contributed by atoms with Crippen molar-refractivity contribution in [1.29, 1.82) is 0 Å². The Labute approximate surface area is 207 Å². The van der Waals surface area contributed by atoms with Crippen molar-refractivity contribution in [3.8, 4) is 28.5 Å². The number of piperidine rings is 1. The monoisotopic (exact) mass is 473 g/mol. The van der Waals surface area contributed by atoms with Gasteiger partial charge in [0.2, 0.25) is 5.82 Å². The molecule has 34 heavy (non-hydrogen) atoms. The standard InChI is InChI=1S/C23H28FN9O/c1-22-8-9-23(2,30-22)19(24)16(11-22)33(14-5-6-14)18-12-25-21(27-26-18)15-7-4-13(10-17(15)34)20-28-31-32(3)29-20/h4,7,10,12,14,16,19,30,34H,5-6,8-9,11H2,1-3H3/t16-,19-,22-,23+/m1/s1/i3D3,5D2,6D2,14D. The topological polar surface area (TPSA) is 118 Å². The third kappa shape index (κ3) is 3.49. The van der Waals surface area contributed by atoms with Crippen LogP contribution in [-0.2, 0) is 6.98 Å². The fourth-order valence-electron chi connectivity index (χ4n) is 5.21. The molecule has 10 nitrogen and oxygen atoms in total. The van der Waals surface area contributed by atoms with E-state index in [1.807, 2.05) is 6.92 Å². The maximum absolute atomic E-state index is 16.2. The maximum atomic E-state index is 16.2. The SMILES string of the molecule is [2H]C([2H])([2H])n1nnc(-c2ccc(-c3ncc(N([C@@H]4C[C@@]5(C)CC[C@](C)(N5)[C@@H]4F)C4([2H])C([2H])([2H])C4([2H])[2H])nn3)c(O)c2)n1. The number of rotatable bonds is 5. The zero-order valence-electron chi connectivity index (χ0n) is 26.5. The number of nitrogens with zero attached hydrogens (tertiary/aromatic N) is 8. The Kier molecular flexibility index (Phi) is 3.10. The van der Waals surface area contributed by atoms with E-state index in [0.29, 0.717) is 17.6 Å². The predicted octanol–water partition coefficient (Wildman–Crippen LogP) is 2.41. The van der Waals surface area contributed by atoms with E-state index in [2.05, 4.69) is 35.9 Å². The third-order valence-electron chi connectivity index (χ3n) is 6.91. The number of phenols is 1. The predicted molar refractivity (Wildman–Crippen MR) is 123 cm³/mol. The number of anilines is 1. The second-order valence-corrected chi connectivity index (χ2v) is 9.52. The van der Waals surface area contributed by atoms with E-state index in [-0.39, 0.29) is 40.8 Å². The molecule has 0 spiro atoms. The molecule has 3 aliphatic rings. The molecule has 2 aromatic heterocycles. The minimum atomic E-state index is -2.63. The van der Waals surface area contributed by atoms with Gasteiger partial charge in [-0.05, 0) is 63.2 Å². The molecule has 2 N–H and O–H groups in total. The molecule has 178 valence electrons. The maximum Gasteiger partial charge on any atom is 0.205 e. The van der Waals surface area contributed by atoms with Gasteiger partial charge >= 0.3 is 0 Å². The van der Waals surface area contributed by atoms with Gasteiger partial charge in [0.15, 0.2) is 11.6 Å². The molecule has 3 aromatic rings. The lowest BCUT2D eigenvalue weighted by Gasteiger charge is -2.48. The zero-order valence-corrected chi connectivity index (χ0v) is 18.5. The number of nitrogens with one attached hydrogen (secondary N) is 1. The van der Waals surface area contributed by atoms with Crippen LogP contribution in [0.15, 0.2) is 24.4 Å². The average Bonchev–Trinajstić information content (AvgIpc) is 3.37. The van der Waals surface area contributed by atoms with Crippen LogP contribution in [0, 0.1) is 0 Å². The molecular formula is C23H28FN9O. The van der Waals surface area contributed by atoms with Crippen molar-refractivity contribution in [2.75, 3.05) is 4.90 Å². The number of hydrogen-bond donors (Lipinski definition) is 2. The molecule has 2 saturated heterocycles. The minimum Gasteiger partial charge on any atom is -0.507 e. The van der Waals surface area contributed by atoms with E-state index in [0.717, 1.165) is 4.90 Å². The first-order valence-corrected chi connectivity index (χ1v) is 10.9. The molecule has 1 aliphatic carbocycles. The Morgan fingerprint density at radius 3 is 2.79 bits per heavy atom. The van der Waals surface area contributed by atoms with E-state index in [4.69, 9.17) is 11.0 Å². The number of aryl methyl sites for hydroxylation is 1. The Bertz CT molecular complexity index is 1540. The summed E-state index contributed by atoms with van der Waals surface area (Å²) < 4.78 is 80.4. The second kappa shape index (κ2) is 7.39. The first kappa shape index (κ1) is 14.2. The van der Waals surface area contributed by atoms with Crippen LogP contribution in [0.3, 0.4) is 0 Å². The molecule has 1 saturated carbocycles. The molecule has 1 aromatic carbocycles. The summed E-state index contributed by atoms with van der Waals surface area (Å²) in [5, 5.41) is 33.2. The quantitative estimate of drug-likeness (QED) is 0.576. The minimum absolute atomic E-state index is 0.0363. The van der Waals surface area contributed by atoms with Gasteiger partial charge in [0.05, 0.1) is 26.1 Å². The van der Waals surface area contributed by atoms with Gasteiger partial charge in [0, 0.05) is 32.3 Å². The summed E-state index contributed by atoms with van der Waals surface area (Å²) in [6.45, 7) is 1.05. The van der Waals surface area contributed by atoms with Crippen molar-refractivity contribution in [3.05, 3.63) is 24.4 Å². The van der Waals surface area contributed by atoms with E-state index >= 15 is 4.39 Å². The molecule has 0 unspecified atom stereocenters. The number of fused-ring (bicyclic) bond motifs is 2. The van der Waals surface area contributed by atoms with Crippen LogP contribution in [0.1, 0.15) is 56.8 Å². The van der Waals surface area contributed by atoms with E-state index in [1.54, 1.807) is 6.92 Å². The van der Waals surface area contributed by atoms with Crippen LogP contribution in [0.4, 0.5) is 10.2 Å². The normalized spacial score (nSPS) is 38.2. The van der Waals surface area contributed by atoms with E-state index in [1.165, 1.54) is 24.4 Å².